The SMILES string of the molecule is CCc1cc2cc(-c3ccc(N(c4ccccc4)c4ccccc4)cc3)cc3c4ccccc4n1c23. The van der Waals surface area contributed by atoms with Crippen molar-refractivity contribution < 1.29 is 0 Å². The van der Waals surface area contributed by atoms with Crippen LogP contribution < -0.4 is 4.90 Å². The minimum Gasteiger partial charge on any atom is -0.312 e. The normalized spacial score (nSPS) is 11.6. The van der Waals surface area contributed by atoms with E-state index in [1.807, 2.05) is 0 Å². The maximum atomic E-state index is 2.45. The van der Waals surface area contributed by atoms with Gasteiger partial charge in [-0.15, -0.1) is 0 Å². The van der Waals surface area contributed by atoms with Gasteiger partial charge in [-0.25, -0.2) is 0 Å². The second-order valence-electron chi connectivity index (χ2n) is 9.36. The van der Waals surface area contributed by atoms with Crippen molar-refractivity contribution in [2.75, 3.05) is 4.90 Å². The van der Waals surface area contributed by atoms with Crippen LogP contribution in [0.25, 0.3) is 38.3 Å². The molecule has 7 rings (SSSR count). The molecule has 0 N–H and O–H groups in total. The van der Waals surface area contributed by atoms with Crippen LogP contribution in [-0.4, -0.2) is 4.40 Å². The Morgan fingerprint density at radius 2 is 1.17 bits per heavy atom. The number of anilines is 3. The zero-order valence-electron chi connectivity index (χ0n) is 20.2. The predicted octanol–water partition coefficient (Wildman–Crippen LogP) is 9.38. The minimum atomic E-state index is 1.02. The first-order valence-electron chi connectivity index (χ1n) is 12.6. The molecule has 0 fully saturated rings. The molecule has 36 heavy (non-hydrogen) atoms. The molecule has 0 saturated carbocycles. The van der Waals surface area contributed by atoms with E-state index in [0.717, 1.165) is 23.5 Å². The maximum Gasteiger partial charge on any atom is 0.0611 e. The molecule has 0 bridgehead atoms. The van der Waals surface area contributed by atoms with Crippen molar-refractivity contribution in [2.24, 2.45) is 0 Å². The summed E-state index contributed by atoms with van der Waals surface area (Å²) in [5.41, 5.74) is 9.93. The van der Waals surface area contributed by atoms with E-state index in [-0.39, 0.29) is 0 Å². The summed E-state index contributed by atoms with van der Waals surface area (Å²) in [7, 11) is 0. The Hall–Kier alpha value is -4.56. The second kappa shape index (κ2) is 8.28. The van der Waals surface area contributed by atoms with Crippen LogP contribution in [0.2, 0.25) is 0 Å². The van der Waals surface area contributed by atoms with Crippen LogP contribution in [0.5, 0.6) is 0 Å². The quantitative estimate of drug-likeness (QED) is 0.247. The van der Waals surface area contributed by atoms with E-state index in [1.165, 1.54) is 44.0 Å². The first-order valence-corrected chi connectivity index (χ1v) is 12.6. The van der Waals surface area contributed by atoms with Crippen molar-refractivity contribution >= 4 is 44.3 Å². The fourth-order valence-corrected chi connectivity index (χ4v) is 5.61. The van der Waals surface area contributed by atoms with Crippen molar-refractivity contribution in [3.63, 3.8) is 0 Å². The van der Waals surface area contributed by atoms with Crippen LogP contribution in [0.1, 0.15) is 12.6 Å². The molecule has 0 amide bonds. The van der Waals surface area contributed by atoms with Crippen LogP contribution in [0, 0.1) is 0 Å². The summed E-state index contributed by atoms with van der Waals surface area (Å²) >= 11 is 0. The van der Waals surface area contributed by atoms with E-state index in [4.69, 9.17) is 0 Å². The van der Waals surface area contributed by atoms with E-state index in [0.29, 0.717) is 0 Å². The molecular weight excluding hydrogens is 436 g/mol. The van der Waals surface area contributed by atoms with Crippen LogP contribution >= 0.6 is 0 Å². The molecule has 2 heteroatoms. The van der Waals surface area contributed by atoms with Gasteiger partial charge in [0.2, 0.25) is 0 Å². The first-order chi connectivity index (χ1) is 17.8. The van der Waals surface area contributed by atoms with Crippen LogP contribution in [0.4, 0.5) is 17.1 Å². The van der Waals surface area contributed by atoms with Crippen LogP contribution in [0.3, 0.4) is 0 Å². The summed E-state index contributed by atoms with van der Waals surface area (Å²) in [5, 5.41) is 3.97. The molecule has 172 valence electrons. The Bertz CT molecular complexity index is 1760. The molecule has 2 aromatic heterocycles. The number of nitrogens with zero attached hydrogens (tertiary/aromatic N) is 2. The van der Waals surface area contributed by atoms with Crippen molar-refractivity contribution in [3.05, 3.63) is 133 Å². The third-order valence-corrected chi connectivity index (χ3v) is 7.26. The van der Waals surface area contributed by atoms with Gasteiger partial charge in [0.15, 0.2) is 0 Å². The Balaban J connectivity index is 1.36. The van der Waals surface area contributed by atoms with E-state index in [9.17, 15) is 0 Å². The molecule has 5 aromatic carbocycles. The highest BCUT2D eigenvalue weighted by atomic mass is 15.1. The Morgan fingerprint density at radius 3 is 1.83 bits per heavy atom. The van der Waals surface area contributed by atoms with E-state index < -0.39 is 0 Å². The topological polar surface area (TPSA) is 7.65 Å². The molecule has 0 atom stereocenters. The van der Waals surface area contributed by atoms with Gasteiger partial charge in [0.25, 0.3) is 0 Å². The van der Waals surface area contributed by atoms with Crippen molar-refractivity contribution in [1.29, 1.82) is 0 Å². The van der Waals surface area contributed by atoms with Crippen molar-refractivity contribution in [1.82, 2.24) is 4.40 Å². The lowest BCUT2D eigenvalue weighted by atomic mass is 10.00. The predicted molar refractivity (Wildman–Crippen MR) is 153 cm³/mol. The number of rotatable bonds is 5. The highest BCUT2D eigenvalue weighted by Crippen LogP contribution is 2.39. The summed E-state index contributed by atoms with van der Waals surface area (Å²) in [4.78, 5) is 2.30. The molecule has 0 saturated heterocycles. The standard InChI is InChI=1S/C34H26N2/c1-2-27-22-26-21-25(23-32-31-15-9-10-16-33(31)36(27)34(26)32)24-17-19-30(20-18-24)35(28-11-5-3-6-12-28)29-13-7-4-8-14-29/h3-23H,2H2,1H3. The lowest BCUT2D eigenvalue weighted by Crippen LogP contribution is -2.09. The van der Waals surface area contributed by atoms with Gasteiger partial charge in [0, 0.05) is 38.9 Å². The van der Waals surface area contributed by atoms with Gasteiger partial charge in [-0.05, 0) is 78.2 Å². The van der Waals surface area contributed by atoms with Crippen molar-refractivity contribution in [3.8, 4) is 11.1 Å². The summed E-state index contributed by atoms with van der Waals surface area (Å²) in [5.74, 6) is 0. The summed E-state index contributed by atoms with van der Waals surface area (Å²) in [6.45, 7) is 2.24. The lowest BCUT2D eigenvalue weighted by molar-refractivity contribution is 1.03. The fourth-order valence-electron chi connectivity index (χ4n) is 5.61. The highest BCUT2D eigenvalue weighted by molar-refractivity contribution is 6.16. The molecular formula is C34H26N2. The Labute approximate surface area is 211 Å². The molecule has 2 heterocycles. The monoisotopic (exact) mass is 462 g/mol. The summed E-state index contributed by atoms with van der Waals surface area (Å²) in [6.07, 6.45) is 1.02. The second-order valence-corrected chi connectivity index (χ2v) is 9.36. The van der Waals surface area contributed by atoms with E-state index in [1.54, 1.807) is 0 Å². The summed E-state index contributed by atoms with van der Waals surface area (Å²) in [6, 6.07) is 45.9. The number of benzene rings is 5. The zero-order chi connectivity index (χ0) is 24.1. The highest BCUT2D eigenvalue weighted by Gasteiger charge is 2.17. The van der Waals surface area contributed by atoms with Crippen LogP contribution in [-0.2, 0) is 6.42 Å². The van der Waals surface area contributed by atoms with E-state index >= 15 is 0 Å². The van der Waals surface area contributed by atoms with Gasteiger partial charge < -0.3 is 9.30 Å². The largest absolute Gasteiger partial charge is 0.312 e. The zero-order valence-corrected chi connectivity index (χ0v) is 20.2. The summed E-state index contributed by atoms with van der Waals surface area (Å²) < 4.78 is 2.45. The lowest BCUT2D eigenvalue weighted by Gasteiger charge is -2.25. The number of aromatic nitrogens is 1. The molecule has 0 spiro atoms. The smallest absolute Gasteiger partial charge is 0.0611 e. The minimum absolute atomic E-state index is 1.02. The Kier molecular flexibility index (Phi) is 4.78. The van der Waals surface area contributed by atoms with Gasteiger partial charge >= 0.3 is 0 Å². The van der Waals surface area contributed by atoms with Gasteiger partial charge in [-0.2, -0.15) is 0 Å². The molecule has 0 radical (unpaired) electrons. The molecule has 0 aliphatic heterocycles. The molecule has 0 aliphatic rings. The van der Waals surface area contributed by atoms with Crippen molar-refractivity contribution in [2.45, 2.75) is 13.3 Å². The van der Waals surface area contributed by atoms with Gasteiger partial charge in [-0.3, -0.25) is 0 Å². The fraction of sp³-hybridized carbons (Fsp3) is 0.0588. The average Bonchev–Trinajstić information content (AvgIpc) is 3.49. The third-order valence-electron chi connectivity index (χ3n) is 7.26. The number of fused-ring (bicyclic) bond motifs is 3. The van der Waals surface area contributed by atoms with Gasteiger partial charge in [0.1, 0.15) is 0 Å². The van der Waals surface area contributed by atoms with Gasteiger partial charge in [0.05, 0.1) is 11.0 Å². The average molecular weight is 463 g/mol. The van der Waals surface area contributed by atoms with E-state index in [2.05, 4.69) is 144 Å². The number of aryl methyl sites for hydroxylation is 1. The molecule has 0 aliphatic carbocycles. The third kappa shape index (κ3) is 3.19. The first kappa shape index (κ1) is 20.8. The molecule has 2 nitrogen and oxygen atoms in total. The molecule has 7 aromatic rings. The molecule has 0 unspecified atom stereocenters. The number of para-hydroxylation sites is 3. The number of hydrogen-bond donors (Lipinski definition) is 0. The Morgan fingerprint density at radius 1 is 0.556 bits per heavy atom. The number of hydrogen-bond acceptors (Lipinski definition) is 1. The maximum absolute atomic E-state index is 2.45. The van der Waals surface area contributed by atoms with Crippen LogP contribution in [0.15, 0.2) is 127 Å². The van der Waals surface area contributed by atoms with Gasteiger partial charge in [-0.1, -0.05) is 73.7 Å².